The molecule has 0 saturated heterocycles. The molecule has 6 bridgehead atoms. The lowest BCUT2D eigenvalue weighted by Gasteiger charge is -2.18. The maximum Gasteiger partial charge on any atom is 0.407 e. The number of fused-ring (bicyclic) bond motifs is 6. The number of anilines is 4. The number of hydrogen-bond acceptors (Lipinski definition) is 6. The summed E-state index contributed by atoms with van der Waals surface area (Å²) in [5.41, 5.74) is 4.66. The number of amides is 1. The summed E-state index contributed by atoms with van der Waals surface area (Å²) in [6.45, 7) is 0.309. The highest BCUT2D eigenvalue weighted by molar-refractivity contribution is 6.32. The summed E-state index contributed by atoms with van der Waals surface area (Å²) in [5.74, 6) is 0.893. The standard InChI is InChI=1S/C20H19ClN6O2/c1-27(20(28)29)11-14-4-5-15-7-13(14)3-2-12-6-16(9-22-8-12)25-19-23-10-17(21)18(24-15)26-19/h4-10H,2-3,11H2,1H3,(H,28,29)(H2,23,24,25,26). The molecule has 0 spiro atoms. The van der Waals surface area contributed by atoms with E-state index in [9.17, 15) is 9.90 Å². The van der Waals surface area contributed by atoms with Gasteiger partial charge in [0.15, 0.2) is 5.82 Å². The van der Waals surface area contributed by atoms with Crippen LogP contribution in [0.5, 0.6) is 0 Å². The molecule has 0 radical (unpaired) electrons. The summed E-state index contributed by atoms with van der Waals surface area (Å²) >= 11 is 6.27. The lowest BCUT2D eigenvalue weighted by Crippen LogP contribution is -2.24. The van der Waals surface area contributed by atoms with Crippen LogP contribution in [0.3, 0.4) is 0 Å². The predicted octanol–water partition coefficient (Wildman–Crippen LogP) is 4.22. The summed E-state index contributed by atoms with van der Waals surface area (Å²) < 4.78 is 0. The van der Waals surface area contributed by atoms with Crippen molar-refractivity contribution in [2.24, 2.45) is 0 Å². The normalized spacial score (nSPS) is 12.5. The molecule has 0 atom stereocenters. The minimum absolute atomic E-state index is 0.309. The van der Waals surface area contributed by atoms with E-state index in [1.807, 2.05) is 30.5 Å². The Labute approximate surface area is 172 Å². The Kier molecular flexibility index (Phi) is 5.18. The van der Waals surface area contributed by atoms with Gasteiger partial charge in [-0.2, -0.15) is 4.98 Å². The summed E-state index contributed by atoms with van der Waals surface area (Å²) in [6.07, 6.45) is 5.60. The largest absolute Gasteiger partial charge is 0.465 e. The molecule has 148 valence electrons. The topological polar surface area (TPSA) is 103 Å². The predicted molar refractivity (Wildman–Crippen MR) is 111 cm³/mol. The van der Waals surface area contributed by atoms with Crippen molar-refractivity contribution in [1.82, 2.24) is 19.9 Å². The highest BCUT2D eigenvalue weighted by atomic mass is 35.5. The summed E-state index contributed by atoms with van der Waals surface area (Å²) in [7, 11) is 1.56. The lowest BCUT2D eigenvalue weighted by atomic mass is 9.99. The van der Waals surface area contributed by atoms with Crippen molar-refractivity contribution >= 4 is 40.8 Å². The van der Waals surface area contributed by atoms with Gasteiger partial charge in [-0.25, -0.2) is 9.78 Å². The van der Waals surface area contributed by atoms with Crippen molar-refractivity contribution in [3.05, 3.63) is 64.6 Å². The number of rotatable bonds is 2. The van der Waals surface area contributed by atoms with E-state index in [0.717, 1.165) is 40.9 Å². The van der Waals surface area contributed by atoms with Crippen molar-refractivity contribution in [2.75, 3.05) is 17.7 Å². The number of benzene rings is 1. The number of nitrogens with one attached hydrogen (secondary N) is 2. The van der Waals surface area contributed by atoms with E-state index in [1.54, 1.807) is 13.2 Å². The highest BCUT2D eigenvalue weighted by Crippen LogP contribution is 2.28. The third-order valence-corrected chi connectivity index (χ3v) is 4.96. The molecule has 4 rings (SSSR count). The molecule has 1 aliphatic rings. The Morgan fingerprint density at radius 2 is 2.03 bits per heavy atom. The van der Waals surface area contributed by atoms with Crippen LogP contribution in [0.15, 0.2) is 42.9 Å². The molecule has 8 nitrogen and oxygen atoms in total. The monoisotopic (exact) mass is 410 g/mol. The maximum atomic E-state index is 11.3. The molecule has 29 heavy (non-hydrogen) atoms. The van der Waals surface area contributed by atoms with E-state index in [1.165, 1.54) is 11.1 Å². The SMILES string of the molecule is CN(Cc1ccc2cc1CCc1cncc(c1)Nc1ncc(Cl)c(n1)N2)C(=O)O. The van der Waals surface area contributed by atoms with E-state index in [4.69, 9.17) is 11.6 Å². The van der Waals surface area contributed by atoms with Gasteiger partial charge in [-0.05, 0) is 47.7 Å². The Balaban J connectivity index is 1.77. The lowest BCUT2D eigenvalue weighted by molar-refractivity contribution is 0.153. The van der Waals surface area contributed by atoms with Gasteiger partial charge in [0.2, 0.25) is 5.95 Å². The van der Waals surface area contributed by atoms with E-state index in [0.29, 0.717) is 23.3 Å². The first-order chi connectivity index (χ1) is 14.0. The fraction of sp³-hybridized carbons (Fsp3) is 0.200. The average molecular weight is 411 g/mol. The molecule has 0 saturated carbocycles. The summed E-state index contributed by atoms with van der Waals surface area (Å²) in [4.78, 5) is 25.5. The number of aryl methyl sites for hydroxylation is 2. The van der Waals surface area contributed by atoms with Crippen LogP contribution in [-0.4, -0.2) is 38.1 Å². The van der Waals surface area contributed by atoms with Crippen molar-refractivity contribution in [1.29, 1.82) is 0 Å². The third kappa shape index (κ3) is 4.38. The second-order valence-corrected chi connectivity index (χ2v) is 7.25. The van der Waals surface area contributed by atoms with Crippen molar-refractivity contribution < 1.29 is 9.90 Å². The highest BCUT2D eigenvalue weighted by Gasteiger charge is 2.13. The number of nitrogens with zero attached hydrogens (tertiary/aromatic N) is 4. The molecule has 1 amide bonds. The van der Waals surface area contributed by atoms with Gasteiger partial charge >= 0.3 is 6.09 Å². The van der Waals surface area contributed by atoms with E-state index in [-0.39, 0.29) is 0 Å². The van der Waals surface area contributed by atoms with Gasteiger partial charge in [0.05, 0.1) is 18.1 Å². The Morgan fingerprint density at radius 1 is 1.17 bits per heavy atom. The minimum atomic E-state index is -0.965. The second kappa shape index (κ2) is 7.92. The van der Waals surface area contributed by atoms with Gasteiger partial charge in [-0.1, -0.05) is 17.7 Å². The van der Waals surface area contributed by atoms with Crippen LogP contribution in [0.2, 0.25) is 5.02 Å². The van der Waals surface area contributed by atoms with Gasteiger partial charge in [-0.15, -0.1) is 0 Å². The van der Waals surface area contributed by atoms with Crippen LogP contribution in [0, 0.1) is 0 Å². The first-order valence-electron chi connectivity index (χ1n) is 9.04. The van der Waals surface area contributed by atoms with Crippen LogP contribution in [0.1, 0.15) is 16.7 Å². The Bertz CT molecular complexity index is 1070. The molecular weight excluding hydrogens is 392 g/mol. The fourth-order valence-electron chi connectivity index (χ4n) is 3.17. The molecule has 3 aromatic rings. The van der Waals surface area contributed by atoms with Gasteiger partial charge in [-0.3, -0.25) is 4.98 Å². The number of carbonyl (C=O) groups is 1. The molecule has 1 aliphatic heterocycles. The molecule has 3 heterocycles. The van der Waals surface area contributed by atoms with Crippen molar-refractivity contribution in [2.45, 2.75) is 19.4 Å². The second-order valence-electron chi connectivity index (χ2n) is 6.84. The maximum absolute atomic E-state index is 11.3. The van der Waals surface area contributed by atoms with Gasteiger partial charge in [0, 0.05) is 25.5 Å². The van der Waals surface area contributed by atoms with Gasteiger partial charge in [0.1, 0.15) is 5.02 Å². The van der Waals surface area contributed by atoms with Gasteiger partial charge in [0.25, 0.3) is 0 Å². The van der Waals surface area contributed by atoms with Crippen molar-refractivity contribution in [3.63, 3.8) is 0 Å². The molecule has 0 unspecified atom stereocenters. The number of carboxylic acid groups (broad SMARTS) is 1. The molecular formula is C20H19ClN6O2. The molecule has 2 aromatic heterocycles. The fourth-order valence-corrected chi connectivity index (χ4v) is 3.30. The van der Waals surface area contributed by atoms with Crippen LogP contribution in [0.25, 0.3) is 0 Å². The molecule has 0 fully saturated rings. The zero-order valence-electron chi connectivity index (χ0n) is 15.7. The van der Waals surface area contributed by atoms with Crippen LogP contribution >= 0.6 is 11.6 Å². The summed E-state index contributed by atoms with van der Waals surface area (Å²) in [5, 5.41) is 16.0. The molecule has 9 heteroatoms. The zero-order chi connectivity index (χ0) is 20.4. The number of aromatic nitrogens is 3. The Hall–Kier alpha value is -3.39. The number of pyridine rings is 1. The smallest absolute Gasteiger partial charge is 0.407 e. The van der Waals surface area contributed by atoms with Crippen LogP contribution in [-0.2, 0) is 19.4 Å². The quantitative estimate of drug-likeness (QED) is 0.581. The van der Waals surface area contributed by atoms with E-state index in [2.05, 4.69) is 25.6 Å². The number of hydrogen-bond donors (Lipinski definition) is 3. The first kappa shape index (κ1) is 18.9. The minimum Gasteiger partial charge on any atom is -0.465 e. The summed E-state index contributed by atoms with van der Waals surface area (Å²) in [6, 6.07) is 7.83. The molecule has 1 aromatic carbocycles. The van der Waals surface area contributed by atoms with Gasteiger partial charge < -0.3 is 20.6 Å². The van der Waals surface area contributed by atoms with E-state index >= 15 is 0 Å². The van der Waals surface area contributed by atoms with Crippen LogP contribution in [0.4, 0.5) is 27.9 Å². The first-order valence-corrected chi connectivity index (χ1v) is 9.42. The third-order valence-electron chi connectivity index (χ3n) is 4.68. The van der Waals surface area contributed by atoms with Crippen LogP contribution < -0.4 is 10.6 Å². The number of halogens is 1. The average Bonchev–Trinajstić information content (AvgIpc) is 2.70. The molecule has 0 aliphatic carbocycles. The Morgan fingerprint density at radius 3 is 2.86 bits per heavy atom. The zero-order valence-corrected chi connectivity index (χ0v) is 16.4. The molecule has 3 N–H and O–H groups in total. The van der Waals surface area contributed by atoms with Crippen molar-refractivity contribution in [3.8, 4) is 0 Å². The van der Waals surface area contributed by atoms with E-state index < -0.39 is 6.09 Å².